The number of nitrogens with two attached hydrogens (primary N) is 1. The Labute approximate surface area is 100 Å². The van der Waals surface area contributed by atoms with Crippen LogP contribution in [0.2, 0.25) is 5.02 Å². The molecule has 0 bridgehead atoms. The van der Waals surface area contributed by atoms with E-state index in [1.54, 1.807) is 6.07 Å². The van der Waals surface area contributed by atoms with Crippen molar-refractivity contribution in [3.8, 4) is 0 Å². The molecule has 2 N–H and O–H groups in total. The van der Waals surface area contributed by atoms with E-state index in [-0.39, 0.29) is 16.9 Å². The first-order valence-corrected chi connectivity index (χ1v) is 5.88. The van der Waals surface area contributed by atoms with Gasteiger partial charge in [0.05, 0.1) is 5.02 Å². The third-order valence-electron chi connectivity index (χ3n) is 3.17. The summed E-state index contributed by atoms with van der Waals surface area (Å²) >= 11 is 5.66. The monoisotopic (exact) mass is 242 g/mol. The summed E-state index contributed by atoms with van der Waals surface area (Å²) in [5, 5.41) is 0.161. The fourth-order valence-corrected chi connectivity index (χ4v) is 2.11. The summed E-state index contributed by atoms with van der Waals surface area (Å²) in [6.07, 6.45) is 2.42. The van der Waals surface area contributed by atoms with Crippen molar-refractivity contribution in [2.24, 2.45) is 5.73 Å². The maximum absolute atomic E-state index is 13.4. The van der Waals surface area contributed by atoms with Gasteiger partial charge < -0.3 is 5.73 Å². The van der Waals surface area contributed by atoms with E-state index < -0.39 is 0 Å². The number of hydrogen-bond acceptors (Lipinski definition) is 2. The largest absolute Gasteiger partial charge is 0.329 e. The molecule has 1 aliphatic rings. The normalized spacial score (nSPS) is 17.8. The van der Waals surface area contributed by atoms with E-state index in [9.17, 15) is 4.39 Å². The lowest BCUT2D eigenvalue weighted by molar-refractivity contribution is 0.239. The van der Waals surface area contributed by atoms with Crippen LogP contribution in [-0.2, 0) is 0 Å². The summed E-state index contributed by atoms with van der Waals surface area (Å²) in [6, 6.07) is 5.61. The van der Waals surface area contributed by atoms with Crippen LogP contribution in [-0.4, -0.2) is 24.5 Å². The average molecular weight is 243 g/mol. The SMILES string of the molecule is CN(C1CC1)C(CN)c1ccc(Cl)c(F)c1. The van der Waals surface area contributed by atoms with Crippen LogP contribution in [0.5, 0.6) is 0 Å². The van der Waals surface area contributed by atoms with Crippen molar-refractivity contribution in [3.05, 3.63) is 34.6 Å². The van der Waals surface area contributed by atoms with Gasteiger partial charge in [-0.1, -0.05) is 17.7 Å². The van der Waals surface area contributed by atoms with Crippen LogP contribution in [0.4, 0.5) is 4.39 Å². The van der Waals surface area contributed by atoms with Crippen molar-refractivity contribution in [1.29, 1.82) is 0 Å². The topological polar surface area (TPSA) is 29.3 Å². The zero-order valence-corrected chi connectivity index (χ0v) is 10.0. The van der Waals surface area contributed by atoms with E-state index in [2.05, 4.69) is 4.90 Å². The van der Waals surface area contributed by atoms with Crippen LogP contribution in [0, 0.1) is 5.82 Å². The minimum atomic E-state index is -0.373. The van der Waals surface area contributed by atoms with Crippen LogP contribution >= 0.6 is 11.6 Å². The summed E-state index contributed by atoms with van der Waals surface area (Å²) in [7, 11) is 2.04. The summed E-state index contributed by atoms with van der Waals surface area (Å²) in [5.41, 5.74) is 6.66. The van der Waals surface area contributed by atoms with E-state index in [1.165, 1.54) is 18.9 Å². The average Bonchev–Trinajstić information content (AvgIpc) is 3.07. The molecule has 88 valence electrons. The van der Waals surface area contributed by atoms with E-state index in [0.717, 1.165) is 5.56 Å². The minimum Gasteiger partial charge on any atom is -0.329 e. The minimum absolute atomic E-state index is 0.0827. The first kappa shape index (κ1) is 11.8. The van der Waals surface area contributed by atoms with Gasteiger partial charge in [0.2, 0.25) is 0 Å². The van der Waals surface area contributed by atoms with Crippen LogP contribution in [0.1, 0.15) is 24.4 Å². The lowest BCUT2D eigenvalue weighted by Crippen LogP contribution is -2.32. The molecule has 16 heavy (non-hydrogen) atoms. The molecule has 1 aromatic rings. The Kier molecular flexibility index (Phi) is 3.47. The van der Waals surface area contributed by atoms with Gasteiger partial charge >= 0.3 is 0 Å². The first-order chi connectivity index (χ1) is 7.63. The Bertz CT molecular complexity index is 379. The van der Waals surface area contributed by atoms with Gasteiger partial charge in [-0.15, -0.1) is 0 Å². The van der Waals surface area contributed by atoms with E-state index in [4.69, 9.17) is 17.3 Å². The lowest BCUT2D eigenvalue weighted by atomic mass is 10.1. The molecule has 0 saturated heterocycles. The molecule has 0 amide bonds. The molecule has 1 saturated carbocycles. The van der Waals surface area contributed by atoms with Crippen LogP contribution in [0.25, 0.3) is 0 Å². The van der Waals surface area contributed by atoms with Crippen molar-refractivity contribution in [2.45, 2.75) is 24.9 Å². The molecule has 1 aromatic carbocycles. The quantitative estimate of drug-likeness (QED) is 0.879. The van der Waals surface area contributed by atoms with Crippen molar-refractivity contribution < 1.29 is 4.39 Å². The molecular formula is C12H16ClFN2. The molecule has 1 aliphatic carbocycles. The highest BCUT2D eigenvalue weighted by Gasteiger charge is 2.31. The highest BCUT2D eigenvalue weighted by atomic mass is 35.5. The molecule has 0 aliphatic heterocycles. The molecule has 4 heteroatoms. The van der Waals surface area contributed by atoms with Gasteiger partial charge in [-0.25, -0.2) is 4.39 Å². The molecule has 1 atom stereocenters. The van der Waals surface area contributed by atoms with Gasteiger partial charge in [-0.3, -0.25) is 4.90 Å². The molecule has 2 nitrogen and oxygen atoms in total. The van der Waals surface area contributed by atoms with Gasteiger partial charge in [0, 0.05) is 18.6 Å². The Morgan fingerprint density at radius 2 is 2.25 bits per heavy atom. The molecule has 0 heterocycles. The zero-order chi connectivity index (χ0) is 11.7. The number of halogens is 2. The standard InChI is InChI=1S/C12H16ClFN2/c1-16(9-3-4-9)12(7-15)8-2-5-10(13)11(14)6-8/h2,5-6,9,12H,3-4,7,15H2,1H3. The number of benzene rings is 1. The fraction of sp³-hybridized carbons (Fsp3) is 0.500. The second kappa shape index (κ2) is 4.70. The van der Waals surface area contributed by atoms with E-state index in [0.29, 0.717) is 12.6 Å². The summed E-state index contributed by atoms with van der Waals surface area (Å²) in [5.74, 6) is -0.373. The number of likely N-dealkylation sites (N-methyl/N-ethyl adjacent to an activating group) is 1. The fourth-order valence-electron chi connectivity index (χ4n) is 1.99. The molecule has 0 aromatic heterocycles. The van der Waals surface area contributed by atoms with Crippen LogP contribution in [0.15, 0.2) is 18.2 Å². The molecule has 1 fully saturated rings. The van der Waals surface area contributed by atoms with Crippen molar-refractivity contribution >= 4 is 11.6 Å². The van der Waals surface area contributed by atoms with E-state index >= 15 is 0 Å². The Morgan fingerprint density at radius 1 is 1.56 bits per heavy atom. The van der Waals surface area contributed by atoms with Gasteiger partial charge in [-0.2, -0.15) is 0 Å². The summed E-state index contributed by atoms with van der Waals surface area (Å²) in [6.45, 7) is 0.494. The van der Waals surface area contributed by atoms with Crippen LogP contribution < -0.4 is 5.73 Å². The highest BCUT2D eigenvalue weighted by Crippen LogP contribution is 2.33. The second-order valence-corrected chi connectivity index (χ2v) is 4.73. The third-order valence-corrected chi connectivity index (χ3v) is 3.47. The molecular weight excluding hydrogens is 227 g/mol. The van der Waals surface area contributed by atoms with Gasteiger partial charge in [0.1, 0.15) is 5.82 Å². The maximum atomic E-state index is 13.4. The predicted octanol–water partition coefficient (Wildman–Crippen LogP) is 2.57. The maximum Gasteiger partial charge on any atom is 0.142 e. The van der Waals surface area contributed by atoms with Crippen molar-refractivity contribution in [1.82, 2.24) is 4.90 Å². The van der Waals surface area contributed by atoms with Gasteiger partial charge in [0.25, 0.3) is 0 Å². The number of rotatable bonds is 4. The third kappa shape index (κ3) is 2.37. The molecule has 0 spiro atoms. The highest BCUT2D eigenvalue weighted by molar-refractivity contribution is 6.30. The first-order valence-electron chi connectivity index (χ1n) is 5.50. The Hall–Kier alpha value is -0.640. The zero-order valence-electron chi connectivity index (χ0n) is 9.29. The van der Waals surface area contributed by atoms with Gasteiger partial charge in [0.15, 0.2) is 0 Å². The van der Waals surface area contributed by atoms with E-state index in [1.807, 2.05) is 13.1 Å². The van der Waals surface area contributed by atoms with Crippen molar-refractivity contribution in [2.75, 3.05) is 13.6 Å². The number of nitrogens with zero attached hydrogens (tertiary/aromatic N) is 1. The lowest BCUT2D eigenvalue weighted by Gasteiger charge is -2.27. The Morgan fingerprint density at radius 3 is 2.75 bits per heavy atom. The molecule has 1 unspecified atom stereocenters. The van der Waals surface area contributed by atoms with Gasteiger partial charge in [-0.05, 0) is 37.6 Å². The Balaban J connectivity index is 2.21. The summed E-state index contributed by atoms with van der Waals surface area (Å²) < 4.78 is 13.4. The predicted molar refractivity (Wildman–Crippen MR) is 64.0 cm³/mol. The molecule has 0 radical (unpaired) electrons. The number of hydrogen-bond donors (Lipinski definition) is 1. The summed E-state index contributed by atoms with van der Waals surface area (Å²) in [4.78, 5) is 2.22. The second-order valence-electron chi connectivity index (χ2n) is 4.32. The smallest absolute Gasteiger partial charge is 0.142 e. The van der Waals surface area contributed by atoms with Crippen molar-refractivity contribution in [3.63, 3.8) is 0 Å². The molecule has 2 rings (SSSR count). The van der Waals surface area contributed by atoms with Crippen LogP contribution in [0.3, 0.4) is 0 Å².